The number of aliphatic carboxylic acids is 1. The largest absolute Gasteiger partial charge is 0.481 e. The highest BCUT2D eigenvalue weighted by molar-refractivity contribution is 5.91. The number of amides is 2. The number of nitrogens with zero attached hydrogens (tertiary/aromatic N) is 1. The molecule has 2 rings (SSSR count). The summed E-state index contributed by atoms with van der Waals surface area (Å²) in [5.74, 6) is -1.36. The van der Waals surface area contributed by atoms with Gasteiger partial charge >= 0.3 is 12.1 Å². The molecule has 0 aromatic heterocycles. The smallest absolute Gasteiger partial charge is 0.410 e. The van der Waals surface area contributed by atoms with E-state index in [0.29, 0.717) is 0 Å². The molecule has 18 heavy (non-hydrogen) atoms. The first kappa shape index (κ1) is 12.4. The Morgan fingerprint density at radius 3 is 2.94 bits per heavy atom. The maximum absolute atomic E-state index is 11.6. The maximum Gasteiger partial charge on any atom is 0.410 e. The number of rotatable bonds is 3. The Bertz CT molecular complexity index is 422. The lowest BCUT2D eigenvalue weighted by molar-refractivity contribution is -0.148. The summed E-state index contributed by atoms with van der Waals surface area (Å²) in [6, 6.07) is -0.543. The monoisotopic (exact) mass is 254 g/mol. The van der Waals surface area contributed by atoms with Crippen LogP contribution in [0.4, 0.5) is 4.79 Å². The predicted octanol–water partition coefficient (Wildman–Crippen LogP) is -0.416. The fraction of sp³-hybridized carbons (Fsp3) is 0.545. The van der Waals surface area contributed by atoms with Crippen molar-refractivity contribution in [2.45, 2.75) is 12.5 Å². The Morgan fingerprint density at radius 2 is 2.39 bits per heavy atom. The molecule has 0 aromatic carbocycles. The zero-order valence-corrected chi connectivity index (χ0v) is 9.72. The molecule has 2 heterocycles. The van der Waals surface area contributed by atoms with Gasteiger partial charge in [0, 0.05) is 19.5 Å². The Balaban J connectivity index is 2.10. The average molecular weight is 254 g/mol. The van der Waals surface area contributed by atoms with Crippen LogP contribution in [0.5, 0.6) is 0 Å². The maximum atomic E-state index is 11.6. The molecule has 0 bridgehead atoms. The first-order valence-corrected chi connectivity index (χ1v) is 5.55. The number of carbonyl (C=O) groups is 3. The summed E-state index contributed by atoms with van der Waals surface area (Å²) in [6.07, 6.45) is 0.751. The average Bonchev–Trinajstić information content (AvgIpc) is 2.79. The van der Waals surface area contributed by atoms with Gasteiger partial charge in [-0.05, 0) is 0 Å². The van der Waals surface area contributed by atoms with Gasteiger partial charge in [0.2, 0.25) is 5.91 Å². The van der Waals surface area contributed by atoms with Crippen molar-refractivity contribution in [1.29, 1.82) is 0 Å². The summed E-state index contributed by atoms with van der Waals surface area (Å²) in [4.78, 5) is 35.6. The molecule has 2 N–H and O–H groups in total. The van der Waals surface area contributed by atoms with Gasteiger partial charge in [-0.15, -0.1) is 0 Å². The first-order valence-electron chi connectivity index (χ1n) is 5.55. The molecule has 7 nitrogen and oxygen atoms in total. The lowest BCUT2D eigenvalue weighted by Crippen LogP contribution is -2.41. The summed E-state index contributed by atoms with van der Waals surface area (Å²) in [6.45, 7) is 3.65. The SMILES string of the molecule is C=CCOC(=O)N1C[C@H]2NC(=O)C[C@@]2(C(=O)O)C1. The van der Waals surface area contributed by atoms with Crippen molar-refractivity contribution < 1.29 is 24.2 Å². The van der Waals surface area contributed by atoms with Crippen LogP contribution in [0, 0.1) is 5.41 Å². The number of ether oxygens (including phenoxy) is 1. The van der Waals surface area contributed by atoms with Crippen LogP contribution in [-0.2, 0) is 14.3 Å². The number of hydrogen-bond donors (Lipinski definition) is 2. The molecule has 0 spiro atoms. The van der Waals surface area contributed by atoms with E-state index < -0.39 is 23.5 Å². The fourth-order valence-electron chi connectivity index (χ4n) is 2.46. The lowest BCUT2D eigenvalue weighted by Gasteiger charge is -2.21. The first-order chi connectivity index (χ1) is 8.49. The number of carboxylic acids is 1. The van der Waals surface area contributed by atoms with Crippen LogP contribution >= 0.6 is 0 Å². The summed E-state index contributed by atoms with van der Waals surface area (Å²) in [7, 11) is 0. The second kappa shape index (κ2) is 4.32. The molecule has 2 amide bonds. The standard InChI is InChI=1S/C11H14N2O5/c1-2-3-18-10(17)13-5-7-11(6-13,9(15)16)4-8(14)12-7/h2,7H,1,3-6H2,(H,12,14)(H,15,16)/t7-,11-/m1/s1. The van der Waals surface area contributed by atoms with Gasteiger partial charge in [0.15, 0.2) is 0 Å². The molecule has 98 valence electrons. The van der Waals surface area contributed by atoms with Gasteiger partial charge in [-0.1, -0.05) is 12.7 Å². The molecule has 2 atom stereocenters. The third kappa shape index (κ3) is 1.81. The van der Waals surface area contributed by atoms with Gasteiger partial charge in [0.25, 0.3) is 0 Å². The van der Waals surface area contributed by atoms with Crippen LogP contribution in [-0.4, -0.2) is 53.7 Å². The van der Waals surface area contributed by atoms with Crippen LogP contribution in [0.15, 0.2) is 12.7 Å². The summed E-state index contributed by atoms with van der Waals surface area (Å²) in [5.41, 5.74) is -1.22. The van der Waals surface area contributed by atoms with Crippen LogP contribution < -0.4 is 5.32 Å². The second-order valence-corrected chi connectivity index (χ2v) is 4.50. The number of carbonyl (C=O) groups excluding carboxylic acids is 2. The van der Waals surface area contributed by atoms with Crippen molar-refractivity contribution in [1.82, 2.24) is 10.2 Å². The number of hydrogen-bond acceptors (Lipinski definition) is 4. The third-order valence-electron chi connectivity index (χ3n) is 3.36. The molecule has 2 saturated heterocycles. The summed E-state index contributed by atoms with van der Waals surface area (Å²) in [5, 5.41) is 11.9. The van der Waals surface area contributed by atoms with Gasteiger partial charge in [-0.2, -0.15) is 0 Å². The summed E-state index contributed by atoms with van der Waals surface area (Å²) >= 11 is 0. The minimum atomic E-state index is -1.22. The summed E-state index contributed by atoms with van der Waals surface area (Å²) < 4.78 is 4.86. The molecule has 2 aliphatic rings. The minimum Gasteiger partial charge on any atom is -0.481 e. The van der Waals surface area contributed by atoms with E-state index in [1.54, 1.807) is 0 Å². The highest BCUT2D eigenvalue weighted by Gasteiger charge is 2.59. The lowest BCUT2D eigenvalue weighted by atomic mass is 9.83. The number of likely N-dealkylation sites (tertiary alicyclic amines) is 1. The fourth-order valence-corrected chi connectivity index (χ4v) is 2.46. The Kier molecular flexibility index (Phi) is 2.98. The zero-order chi connectivity index (χ0) is 13.3. The van der Waals surface area contributed by atoms with Gasteiger partial charge in [-0.25, -0.2) is 4.79 Å². The Hall–Kier alpha value is -2.05. The predicted molar refractivity (Wildman–Crippen MR) is 59.7 cm³/mol. The van der Waals surface area contributed by atoms with Crippen LogP contribution in [0.25, 0.3) is 0 Å². The van der Waals surface area contributed by atoms with Crippen molar-refractivity contribution in [3.8, 4) is 0 Å². The van der Waals surface area contributed by atoms with E-state index in [1.165, 1.54) is 11.0 Å². The molecule has 0 unspecified atom stereocenters. The highest BCUT2D eigenvalue weighted by Crippen LogP contribution is 2.39. The van der Waals surface area contributed by atoms with E-state index in [4.69, 9.17) is 4.74 Å². The molecule has 0 aliphatic carbocycles. The van der Waals surface area contributed by atoms with Crippen molar-refractivity contribution in [3.05, 3.63) is 12.7 Å². The third-order valence-corrected chi connectivity index (χ3v) is 3.36. The van der Waals surface area contributed by atoms with Crippen LogP contribution in [0.3, 0.4) is 0 Å². The number of nitrogens with one attached hydrogen (secondary N) is 1. The van der Waals surface area contributed by atoms with E-state index in [2.05, 4.69) is 11.9 Å². The molecule has 2 fully saturated rings. The van der Waals surface area contributed by atoms with Crippen molar-refractivity contribution in [3.63, 3.8) is 0 Å². The Morgan fingerprint density at radius 1 is 1.67 bits per heavy atom. The van der Waals surface area contributed by atoms with Crippen LogP contribution in [0.1, 0.15) is 6.42 Å². The highest BCUT2D eigenvalue weighted by atomic mass is 16.6. The quantitative estimate of drug-likeness (QED) is 0.667. The number of fused-ring (bicyclic) bond motifs is 1. The van der Waals surface area contributed by atoms with E-state index >= 15 is 0 Å². The molecular formula is C11H14N2O5. The van der Waals surface area contributed by atoms with Gasteiger partial charge in [0.05, 0.1) is 6.04 Å². The van der Waals surface area contributed by atoms with Crippen molar-refractivity contribution >= 4 is 18.0 Å². The zero-order valence-electron chi connectivity index (χ0n) is 9.72. The minimum absolute atomic E-state index is 0.0122. The van der Waals surface area contributed by atoms with E-state index in [-0.39, 0.29) is 32.0 Å². The van der Waals surface area contributed by atoms with Gasteiger partial charge in [-0.3, -0.25) is 9.59 Å². The Labute approximate surface area is 103 Å². The van der Waals surface area contributed by atoms with E-state index in [0.717, 1.165) is 0 Å². The molecule has 0 aromatic rings. The van der Waals surface area contributed by atoms with Crippen molar-refractivity contribution in [2.24, 2.45) is 5.41 Å². The normalized spacial score (nSPS) is 29.7. The number of carboxylic acid groups (broad SMARTS) is 1. The van der Waals surface area contributed by atoms with Gasteiger partial charge < -0.3 is 20.1 Å². The topological polar surface area (TPSA) is 95.9 Å². The molecule has 0 radical (unpaired) electrons. The second-order valence-electron chi connectivity index (χ2n) is 4.50. The molecule has 0 saturated carbocycles. The van der Waals surface area contributed by atoms with E-state index in [1.807, 2.05) is 0 Å². The van der Waals surface area contributed by atoms with Gasteiger partial charge in [0.1, 0.15) is 12.0 Å². The molecular weight excluding hydrogens is 240 g/mol. The van der Waals surface area contributed by atoms with Crippen LogP contribution in [0.2, 0.25) is 0 Å². The van der Waals surface area contributed by atoms with E-state index in [9.17, 15) is 19.5 Å². The molecule has 7 heteroatoms. The molecule has 2 aliphatic heterocycles. The van der Waals surface area contributed by atoms with Crippen molar-refractivity contribution in [2.75, 3.05) is 19.7 Å².